The quantitative estimate of drug-likeness (QED) is 0.670. The van der Waals surface area contributed by atoms with Gasteiger partial charge in [-0.3, -0.25) is 0 Å². The van der Waals surface area contributed by atoms with Crippen LogP contribution in [0.2, 0.25) is 0 Å². The minimum absolute atomic E-state index is 0.00981. The molecule has 3 nitrogen and oxygen atoms in total. The van der Waals surface area contributed by atoms with Crippen molar-refractivity contribution < 1.29 is 5.11 Å². The van der Waals surface area contributed by atoms with E-state index in [0.29, 0.717) is 11.1 Å². The van der Waals surface area contributed by atoms with Crippen molar-refractivity contribution in [1.82, 2.24) is 0 Å². The van der Waals surface area contributed by atoms with Gasteiger partial charge in [0.2, 0.25) is 0 Å². The van der Waals surface area contributed by atoms with Gasteiger partial charge >= 0.3 is 0 Å². The van der Waals surface area contributed by atoms with Crippen LogP contribution in [0.5, 0.6) is 5.75 Å². The van der Waals surface area contributed by atoms with Crippen LogP contribution in [0.15, 0.2) is 18.2 Å². The van der Waals surface area contributed by atoms with Crippen molar-refractivity contribution in [2.24, 2.45) is 0 Å². The lowest BCUT2D eigenvalue weighted by Crippen LogP contribution is -1.88. The van der Waals surface area contributed by atoms with E-state index in [1.54, 1.807) is 12.1 Å². The van der Waals surface area contributed by atoms with Crippen LogP contribution in [-0.4, -0.2) is 5.11 Å². The fourth-order valence-corrected chi connectivity index (χ4v) is 0.944. The average molecular weight is 158 g/mol. The average Bonchev–Trinajstić information content (AvgIpc) is 2.09. The molecule has 1 aromatic rings. The molecule has 58 valence electrons. The fraction of sp³-hybridized carbons (Fsp3) is 0.111. The van der Waals surface area contributed by atoms with E-state index in [2.05, 4.69) is 0 Å². The highest BCUT2D eigenvalue weighted by Crippen LogP contribution is 2.20. The van der Waals surface area contributed by atoms with E-state index in [1.165, 1.54) is 6.07 Å². The molecule has 0 fully saturated rings. The zero-order chi connectivity index (χ0) is 8.97. The molecule has 0 saturated heterocycles. The SMILES string of the molecule is N#CCc1c(O)cccc1C#N. The summed E-state index contributed by atoms with van der Waals surface area (Å²) in [5, 5.41) is 26.2. The molecule has 1 N–H and O–H groups in total. The molecular weight excluding hydrogens is 152 g/mol. The summed E-state index contributed by atoms with van der Waals surface area (Å²) in [7, 11) is 0. The van der Waals surface area contributed by atoms with Crippen LogP contribution in [-0.2, 0) is 6.42 Å². The van der Waals surface area contributed by atoms with Crippen LogP contribution < -0.4 is 0 Å². The summed E-state index contributed by atoms with van der Waals surface area (Å²) >= 11 is 0. The van der Waals surface area contributed by atoms with Crippen molar-refractivity contribution in [2.45, 2.75) is 6.42 Å². The molecule has 0 amide bonds. The highest BCUT2D eigenvalue weighted by Gasteiger charge is 2.05. The van der Waals surface area contributed by atoms with Gasteiger partial charge in [0.05, 0.1) is 24.1 Å². The summed E-state index contributed by atoms with van der Waals surface area (Å²) in [4.78, 5) is 0. The van der Waals surface area contributed by atoms with Crippen molar-refractivity contribution in [2.75, 3.05) is 0 Å². The first-order valence-electron chi connectivity index (χ1n) is 3.37. The summed E-state index contributed by atoms with van der Waals surface area (Å²) in [6.45, 7) is 0. The minimum atomic E-state index is 0.00981. The monoisotopic (exact) mass is 158 g/mol. The fourth-order valence-electron chi connectivity index (χ4n) is 0.944. The van der Waals surface area contributed by atoms with Crippen LogP contribution in [0.1, 0.15) is 11.1 Å². The zero-order valence-electron chi connectivity index (χ0n) is 6.28. The summed E-state index contributed by atoms with van der Waals surface area (Å²) in [5.41, 5.74) is 0.763. The Balaban J connectivity index is 3.24. The van der Waals surface area contributed by atoms with Gasteiger partial charge in [-0.15, -0.1) is 0 Å². The largest absolute Gasteiger partial charge is 0.508 e. The number of aromatic hydroxyl groups is 1. The second-order valence-corrected chi connectivity index (χ2v) is 2.25. The topological polar surface area (TPSA) is 67.8 Å². The van der Waals surface area contributed by atoms with Gasteiger partial charge in [-0.25, -0.2) is 0 Å². The lowest BCUT2D eigenvalue weighted by molar-refractivity contribution is 0.469. The second-order valence-electron chi connectivity index (χ2n) is 2.25. The van der Waals surface area contributed by atoms with Crippen molar-refractivity contribution in [3.05, 3.63) is 29.3 Å². The minimum Gasteiger partial charge on any atom is -0.508 e. The number of hydrogen-bond donors (Lipinski definition) is 1. The van der Waals surface area contributed by atoms with Crippen LogP contribution in [0.25, 0.3) is 0 Å². The van der Waals surface area contributed by atoms with E-state index in [-0.39, 0.29) is 12.2 Å². The Labute approximate surface area is 70.1 Å². The lowest BCUT2D eigenvalue weighted by Gasteiger charge is -2.00. The normalized spacial score (nSPS) is 8.50. The molecule has 0 aliphatic carbocycles. The third-order valence-electron chi connectivity index (χ3n) is 1.53. The van der Waals surface area contributed by atoms with Gasteiger partial charge in [0.15, 0.2) is 0 Å². The molecule has 3 heteroatoms. The van der Waals surface area contributed by atoms with Gasteiger partial charge in [-0.1, -0.05) is 6.07 Å². The highest BCUT2D eigenvalue weighted by molar-refractivity contribution is 5.47. The summed E-state index contributed by atoms with van der Waals surface area (Å²) in [6, 6.07) is 8.42. The number of nitriles is 2. The second kappa shape index (κ2) is 3.41. The Hall–Kier alpha value is -2.00. The molecule has 1 aromatic carbocycles. The highest BCUT2D eigenvalue weighted by atomic mass is 16.3. The Morgan fingerprint density at radius 3 is 2.67 bits per heavy atom. The predicted molar refractivity (Wildman–Crippen MR) is 42.1 cm³/mol. The smallest absolute Gasteiger partial charge is 0.121 e. The molecule has 0 bridgehead atoms. The van der Waals surface area contributed by atoms with Crippen LogP contribution >= 0.6 is 0 Å². The maximum absolute atomic E-state index is 9.25. The Morgan fingerprint density at radius 2 is 2.08 bits per heavy atom. The summed E-state index contributed by atoms with van der Waals surface area (Å²) in [5.74, 6) is 0.00981. The van der Waals surface area contributed by atoms with E-state index in [9.17, 15) is 5.11 Å². The molecule has 0 unspecified atom stereocenters. The van der Waals surface area contributed by atoms with Crippen molar-refractivity contribution in [3.63, 3.8) is 0 Å². The zero-order valence-corrected chi connectivity index (χ0v) is 6.28. The number of phenols is 1. The molecular formula is C9H6N2O. The van der Waals surface area contributed by atoms with E-state index < -0.39 is 0 Å². The molecule has 12 heavy (non-hydrogen) atoms. The van der Waals surface area contributed by atoms with Gasteiger partial charge < -0.3 is 5.11 Å². The van der Waals surface area contributed by atoms with Crippen LogP contribution in [0.3, 0.4) is 0 Å². The molecule has 0 spiro atoms. The van der Waals surface area contributed by atoms with E-state index in [1.807, 2.05) is 12.1 Å². The van der Waals surface area contributed by atoms with Gasteiger partial charge in [-0.2, -0.15) is 10.5 Å². The van der Waals surface area contributed by atoms with Crippen molar-refractivity contribution >= 4 is 0 Å². The van der Waals surface area contributed by atoms with Crippen LogP contribution in [0, 0.1) is 22.7 Å². The Morgan fingerprint density at radius 1 is 1.33 bits per heavy atom. The van der Waals surface area contributed by atoms with E-state index >= 15 is 0 Å². The molecule has 0 aliphatic heterocycles. The van der Waals surface area contributed by atoms with Gasteiger partial charge in [0.1, 0.15) is 5.75 Å². The van der Waals surface area contributed by atoms with E-state index in [0.717, 1.165) is 0 Å². The predicted octanol–water partition coefficient (Wildman–Crippen LogP) is 1.33. The first-order chi connectivity index (χ1) is 5.79. The third kappa shape index (κ3) is 1.36. The Bertz CT molecular complexity index is 371. The summed E-state index contributed by atoms with van der Waals surface area (Å²) in [6.07, 6.45) is 0.0650. The number of nitrogens with zero attached hydrogens (tertiary/aromatic N) is 2. The van der Waals surface area contributed by atoms with Gasteiger partial charge in [0, 0.05) is 5.56 Å². The third-order valence-corrected chi connectivity index (χ3v) is 1.53. The first kappa shape index (κ1) is 8.10. The molecule has 1 rings (SSSR count). The Kier molecular flexibility index (Phi) is 2.30. The standard InChI is InChI=1S/C9H6N2O/c10-5-4-8-7(6-11)2-1-3-9(8)12/h1-3,12H,4H2. The first-order valence-corrected chi connectivity index (χ1v) is 3.37. The summed E-state index contributed by atoms with van der Waals surface area (Å²) < 4.78 is 0. The van der Waals surface area contributed by atoms with E-state index in [4.69, 9.17) is 10.5 Å². The van der Waals surface area contributed by atoms with Crippen LogP contribution in [0.4, 0.5) is 0 Å². The van der Waals surface area contributed by atoms with Gasteiger partial charge in [-0.05, 0) is 12.1 Å². The molecule has 0 heterocycles. The maximum Gasteiger partial charge on any atom is 0.121 e. The molecule has 0 aliphatic rings. The lowest BCUT2D eigenvalue weighted by atomic mass is 10.1. The van der Waals surface area contributed by atoms with Crippen molar-refractivity contribution in [3.8, 4) is 17.9 Å². The molecule has 0 aromatic heterocycles. The number of benzene rings is 1. The van der Waals surface area contributed by atoms with Crippen molar-refractivity contribution in [1.29, 1.82) is 10.5 Å². The number of rotatable bonds is 1. The number of hydrogen-bond acceptors (Lipinski definition) is 3. The molecule has 0 atom stereocenters. The molecule has 0 saturated carbocycles. The number of phenolic OH excluding ortho intramolecular Hbond substituents is 1. The molecule has 0 radical (unpaired) electrons. The maximum atomic E-state index is 9.25. The van der Waals surface area contributed by atoms with Gasteiger partial charge in [0.25, 0.3) is 0 Å².